The molecule has 6 nitrogen and oxygen atoms in total. The fraction of sp³-hybridized carbons (Fsp3) is 0.650. The molecule has 1 spiro atoms. The zero-order valence-electron chi connectivity index (χ0n) is 16.2. The highest BCUT2D eigenvalue weighted by molar-refractivity contribution is 5.94. The van der Waals surface area contributed by atoms with E-state index in [1.54, 1.807) is 6.20 Å². The number of carbonyl (C=O) groups excluding carboxylic acids is 2. The zero-order chi connectivity index (χ0) is 18.7. The van der Waals surface area contributed by atoms with E-state index >= 15 is 0 Å². The van der Waals surface area contributed by atoms with Gasteiger partial charge in [-0.2, -0.15) is 0 Å². The van der Waals surface area contributed by atoms with Crippen LogP contribution in [0.15, 0.2) is 18.3 Å². The van der Waals surface area contributed by atoms with E-state index in [1.807, 2.05) is 35.8 Å². The van der Waals surface area contributed by atoms with Crippen LogP contribution >= 0.6 is 0 Å². The lowest BCUT2D eigenvalue weighted by Gasteiger charge is -2.49. The van der Waals surface area contributed by atoms with Crippen LogP contribution in [0.5, 0.6) is 0 Å². The Balaban J connectivity index is 1.79. The summed E-state index contributed by atoms with van der Waals surface area (Å²) in [5, 5.41) is 0. The predicted molar refractivity (Wildman–Crippen MR) is 101 cm³/mol. The molecule has 0 aliphatic carbocycles. The number of rotatable bonds is 3. The van der Waals surface area contributed by atoms with Crippen LogP contribution in [0.25, 0.3) is 0 Å². The number of hydrogen-bond acceptors (Lipinski definition) is 4. The van der Waals surface area contributed by atoms with Gasteiger partial charge in [0.15, 0.2) is 0 Å². The van der Waals surface area contributed by atoms with Crippen molar-refractivity contribution in [3.05, 3.63) is 29.6 Å². The molecule has 2 aliphatic heterocycles. The Morgan fingerprint density at radius 2 is 2.04 bits per heavy atom. The Kier molecular flexibility index (Phi) is 5.61. The SMILES string of the molecule is CCc1cc(C(=O)N2CCN(C)[C@@]3(CCC(=O)N(CC)CC3)C2)ccn1. The minimum Gasteiger partial charge on any atom is -0.343 e. The molecule has 1 aromatic rings. The average molecular weight is 358 g/mol. The van der Waals surface area contributed by atoms with Crippen LogP contribution in [0.3, 0.4) is 0 Å². The fourth-order valence-electron chi connectivity index (χ4n) is 4.19. The van der Waals surface area contributed by atoms with Crippen molar-refractivity contribution < 1.29 is 9.59 Å². The lowest BCUT2D eigenvalue weighted by atomic mass is 9.86. The zero-order valence-corrected chi connectivity index (χ0v) is 16.2. The van der Waals surface area contributed by atoms with Crippen LogP contribution in [0.1, 0.15) is 49.2 Å². The van der Waals surface area contributed by atoms with E-state index in [-0.39, 0.29) is 17.4 Å². The van der Waals surface area contributed by atoms with E-state index < -0.39 is 0 Å². The van der Waals surface area contributed by atoms with Crippen molar-refractivity contribution in [1.82, 2.24) is 19.7 Å². The highest BCUT2D eigenvalue weighted by Crippen LogP contribution is 2.32. The normalized spacial score (nSPS) is 24.8. The summed E-state index contributed by atoms with van der Waals surface area (Å²) in [5.41, 5.74) is 1.56. The number of carbonyl (C=O) groups is 2. The topological polar surface area (TPSA) is 56.8 Å². The molecule has 2 fully saturated rings. The second-order valence-corrected chi connectivity index (χ2v) is 7.49. The molecular weight excluding hydrogens is 328 g/mol. The molecular formula is C20H30N4O2. The molecule has 0 aromatic carbocycles. The number of aromatic nitrogens is 1. The van der Waals surface area contributed by atoms with Gasteiger partial charge in [-0.15, -0.1) is 0 Å². The summed E-state index contributed by atoms with van der Waals surface area (Å²) in [4.78, 5) is 36.0. The first kappa shape index (κ1) is 18.8. The van der Waals surface area contributed by atoms with E-state index in [1.165, 1.54) is 0 Å². The highest BCUT2D eigenvalue weighted by atomic mass is 16.2. The summed E-state index contributed by atoms with van der Waals surface area (Å²) in [6.07, 6.45) is 4.85. The van der Waals surface area contributed by atoms with Gasteiger partial charge in [0.2, 0.25) is 5.91 Å². The first-order valence-corrected chi connectivity index (χ1v) is 9.72. The average Bonchev–Trinajstić information content (AvgIpc) is 2.83. The van der Waals surface area contributed by atoms with Crippen LogP contribution in [-0.2, 0) is 11.2 Å². The molecule has 2 aliphatic rings. The van der Waals surface area contributed by atoms with Gasteiger partial charge in [-0.05, 0) is 45.4 Å². The first-order valence-electron chi connectivity index (χ1n) is 9.72. The minimum absolute atomic E-state index is 0.0810. The van der Waals surface area contributed by atoms with Crippen molar-refractivity contribution in [2.75, 3.05) is 39.8 Å². The number of pyridine rings is 1. The minimum atomic E-state index is -0.103. The summed E-state index contributed by atoms with van der Waals surface area (Å²) in [6.45, 7) is 7.88. The van der Waals surface area contributed by atoms with Crippen molar-refractivity contribution in [2.24, 2.45) is 0 Å². The van der Waals surface area contributed by atoms with Gasteiger partial charge in [-0.1, -0.05) is 6.92 Å². The van der Waals surface area contributed by atoms with Crippen LogP contribution in [0, 0.1) is 0 Å². The van der Waals surface area contributed by atoms with Gasteiger partial charge in [-0.25, -0.2) is 0 Å². The number of piperazine rings is 1. The smallest absolute Gasteiger partial charge is 0.254 e. The maximum absolute atomic E-state index is 13.1. The first-order chi connectivity index (χ1) is 12.5. The number of amides is 2. The van der Waals surface area contributed by atoms with E-state index in [0.29, 0.717) is 13.0 Å². The molecule has 2 saturated heterocycles. The molecule has 142 valence electrons. The van der Waals surface area contributed by atoms with E-state index in [9.17, 15) is 9.59 Å². The van der Waals surface area contributed by atoms with Gasteiger partial charge in [0.05, 0.1) is 0 Å². The largest absolute Gasteiger partial charge is 0.343 e. The summed E-state index contributed by atoms with van der Waals surface area (Å²) < 4.78 is 0. The monoisotopic (exact) mass is 358 g/mol. The number of aryl methyl sites for hydroxylation is 1. The quantitative estimate of drug-likeness (QED) is 0.827. The molecule has 1 aromatic heterocycles. The second kappa shape index (κ2) is 7.74. The maximum Gasteiger partial charge on any atom is 0.254 e. The van der Waals surface area contributed by atoms with Crippen LogP contribution in [0.4, 0.5) is 0 Å². The Hall–Kier alpha value is -1.95. The van der Waals surface area contributed by atoms with Crippen molar-refractivity contribution in [3.63, 3.8) is 0 Å². The van der Waals surface area contributed by atoms with Crippen molar-refractivity contribution in [3.8, 4) is 0 Å². The summed E-state index contributed by atoms with van der Waals surface area (Å²) in [7, 11) is 2.13. The Bertz CT molecular complexity index is 678. The number of nitrogens with zero attached hydrogens (tertiary/aromatic N) is 4. The van der Waals surface area contributed by atoms with Gasteiger partial charge in [0.1, 0.15) is 0 Å². The van der Waals surface area contributed by atoms with Gasteiger partial charge >= 0.3 is 0 Å². The van der Waals surface area contributed by atoms with Gasteiger partial charge in [0, 0.05) is 62.1 Å². The summed E-state index contributed by atoms with van der Waals surface area (Å²) >= 11 is 0. The van der Waals surface area contributed by atoms with Crippen LogP contribution < -0.4 is 0 Å². The van der Waals surface area contributed by atoms with E-state index in [4.69, 9.17) is 0 Å². The summed E-state index contributed by atoms with van der Waals surface area (Å²) in [5.74, 6) is 0.320. The van der Waals surface area contributed by atoms with Crippen molar-refractivity contribution in [1.29, 1.82) is 0 Å². The highest BCUT2D eigenvalue weighted by Gasteiger charge is 2.43. The molecule has 3 heterocycles. The molecule has 0 saturated carbocycles. The van der Waals surface area contributed by atoms with Crippen LogP contribution in [-0.4, -0.2) is 76.8 Å². The lowest BCUT2D eigenvalue weighted by molar-refractivity contribution is -0.130. The number of likely N-dealkylation sites (tertiary alicyclic amines) is 1. The molecule has 0 N–H and O–H groups in total. The van der Waals surface area contributed by atoms with E-state index in [2.05, 4.69) is 16.9 Å². The molecule has 3 rings (SSSR count). The standard InChI is InChI=1S/C20H30N4O2/c1-4-17-14-16(7-10-21-17)19(26)24-13-12-22(3)20(15-24)8-6-18(25)23(5-2)11-9-20/h7,10,14H,4-6,8-9,11-13,15H2,1-3H3/t20-/m1/s1. The molecule has 6 heteroatoms. The number of hydrogen-bond donors (Lipinski definition) is 0. The Labute approximate surface area is 156 Å². The summed E-state index contributed by atoms with van der Waals surface area (Å²) in [6, 6.07) is 3.71. The Morgan fingerprint density at radius 1 is 1.23 bits per heavy atom. The van der Waals surface area contributed by atoms with Gasteiger partial charge < -0.3 is 9.80 Å². The lowest BCUT2D eigenvalue weighted by Crippen LogP contribution is -2.62. The Morgan fingerprint density at radius 3 is 2.77 bits per heavy atom. The van der Waals surface area contributed by atoms with E-state index in [0.717, 1.165) is 56.7 Å². The third-order valence-electron chi connectivity index (χ3n) is 6.10. The molecule has 1 atom stereocenters. The molecule has 0 unspecified atom stereocenters. The van der Waals surface area contributed by atoms with Crippen molar-refractivity contribution in [2.45, 2.75) is 45.1 Å². The molecule has 0 bridgehead atoms. The van der Waals surface area contributed by atoms with Gasteiger partial charge in [0.25, 0.3) is 5.91 Å². The molecule has 0 radical (unpaired) electrons. The second-order valence-electron chi connectivity index (χ2n) is 7.49. The maximum atomic E-state index is 13.1. The third-order valence-corrected chi connectivity index (χ3v) is 6.10. The fourth-order valence-corrected chi connectivity index (χ4v) is 4.19. The predicted octanol–water partition coefficient (Wildman–Crippen LogP) is 1.80. The third kappa shape index (κ3) is 3.61. The number of likely N-dealkylation sites (N-methyl/N-ethyl adjacent to an activating group) is 1. The van der Waals surface area contributed by atoms with Crippen molar-refractivity contribution >= 4 is 11.8 Å². The van der Waals surface area contributed by atoms with Crippen LogP contribution in [0.2, 0.25) is 0 Å². The van der Waals surface area contributed by atoms with Gasteiger partial charge in [-0.3, -0.25) is 19.5 Å². The molecule has 26 heavy (non-hydrogen) atoms. The molecule has 2 amide bonds.